The molecule has 0 fully saturated rings. The first kappa shape index (κ1) is 11.9. The van der Waals surface area contributed by atoms with E-state index in [9.17, 15) is 0 Å². The Morgan fingerprint density at radius 1 is 1.06 bits per heavy atom. The number of hydrogen-bond donors (Lipinski definition) is 0. The van der Waals surface area contributed by atoms with Gasteiger partial charge in [-0.3, -0.25) is 0 Å². The molecule has 0 unspecified atom stereocenters. The maximum Gasteiger partial charge on any atom is 0.129 e. The molecule has 0 radical (unpaired) electrons. The second-order valence-corrected chi connectivity index (χ2v) is 10.2. The summed E-state index contributed by atoms with van der Waals surface area (Å²) in [6.45, 7) is 8.83. The molecule has 1 nitrogen and oxygen atoms in total. The van der Waals surface area contributed by atoms with Crippen LogP contribution in [0.2, 0.25) is 19.6 Å². The predicted molar refractivity (Wildman–Crippen MR) is 76.7 cm³/mol. The highest BCUT2D eigenvalue weighted by Gasteiger charge is 2.07. The summed E-state index contributed by atoms with van der Waals surface area (Å²) in [7, 11) is -1.32. The number of aromatic nitrogens is 1. The van der Waals surface area contributed by atoms with Gasteiger partial charge in [0.15, 0.2) is 0 Å². The first-order chi connectivity index (χ1) is 7.94. The Labute approximate surface area is 104 Å². The van der Waals surface area contributed by atoms with E-state index in [-0.39, 0.29) is 0 Å². The van der Waals surface area contributed by atoms with Crippen molar-refractivity contribution in [2.24, 2.45) is 0 Å². The Balaban J connectivity index is 2.46. The third-order valence-electron chi connectivity index (χ3n) is 2.44. The van der Waals surface area contributed by atoms with Gasteiger partial charge in [-0.05, 0) is 18.4 Å². The molecule has 0 aliphatic heterocycles. The van der Waals surface area contributed by atoms with E-state index in [2.05, 4.69) is 67.3 Å². The van der Waals surface area contributed by atoms with E-state index in [1.54, 1.807) is 0 Å². The maximum atomic E-state index is 4.39. The minimum absolute atomic E-state index is 0.880. The van der Waals surface area contributed by atoms with Crippen LogP contribution in [0.1, 0.15) is 11.3 Å². The number of nitrogens with zero attached hydrogens (tertiary/aromatic N) is 1. The van der Waals surface area contributed by atoms with Crippen LogP contribution in [0.25, 0.3) is 10.8 Å². The lowest BCUT2D eigenvalue weighted by molar-refractivity contribution is 1.31. The SMILES string of the molecule is Cc1ccc2cnc(C#C[Si](C)(C)C)cc2c1. The maximum absolute atomic E-state index is 4.39. The summed E-state index contributed by atoms with van der Waals surface area (Å²) in [6.07, 6.45) is 1.91. The van der Waals surface area contributed by atoms with Gasteiger partial charge in [0.05, 0.1) is 0 Å². The summed E-state index contributed by atoms with van der Waals surface area (Å²) < 4.78 is 0. The lowest BCUT2D eigenvalue weighted by Gasteiger charge is -2.03. The molecule has 0 amide bonds. The van der Waals surface area contributed by atoms with Crippen LogP contribution in [0.5, 0.6) is 0 Å². The highest BCUT2D eigenvalue weighted by molar-refractivity contribution is 6.83. The van der Waals surface area contributed by atoms with Gasteiger partial charge in [0.1, 0.15) is 13.8 Å². The summed E-state index contributed by atoms with van der Waals surface area (Å²) in [4.78, 5) is 4.39. The topological polar surface area (TPSA) is 12.9 Å². The van der Waals surface area contributed by atoms with Crippen LogP contribution in [0, 0.1) is 18.4 Å². The molecule has 1 aromatic heterocycles. The van der Waals surface area contributed by atoms with Crippen LogP contribution in [0.3, 0.4) is 0 Å². The van der Waals surface area contributed by atoms with E-state index in [0.29, 0.717) is 0 Å². The number of benzene rings is 1. The van der Waals surface area contributed by atoms with Crippen molar-refractivity contribution in [3.8, 4) is 11.5 Å². The average Bonchev–Trinajstić information content (AvgIpc) is 2.24. The third kappa shape index (κ3) is 3.18. The molecule has 0 aliphatic rings. The summed E-state index contributed by atoms with van der Waals surface area (Å²) in [5.74, 6) is 3.20. The molecule has 1 aromatic carbocycles. The fraction of sp³-hybridized carbons (Fsp3) is 0.267. The minimum atomic E-state index is -1.32. The van der Waals surface area contributed by atoms with E-state index >= 15 is 0 Å². The van der Waals surface area contributed by atoms with Gasteiger partial charge in [-0.1, -0.05) is 49.3 Å². The van der Waals surface area contributed by atoms with Crippen molar-refractivity contribution >= 4 is 18.8 Å². The van der Waals surface area contributed by atoms with Gasteiger partial charge in [-0.15, -0.1) is 5.54 Å². The standard InChI is InChI=1S/C15H17NSi/c1-12-5-6-13-11-16-15(10-14(13)9-12)7-8-17(2,3)4/h5-6,9-11H,1-4H3. The van der Waals surface area contributed by atoms with Crippen LogP contribution in [-0.4, -0.2) is 13.1 Å². The summed E-state index contributed by atoms with van der Waals surface area (Å²) >= 11 is 0. The number of fused-ring (bicyclic) bond motifs is 1. The number of hydrogen-bond acceptors (Lipinski definition) is 1. The van der Waals surface area contributed by atoms with Crippen LogP contribution in [0.15, 0.2) is 30.5 Å². The fourth-order valence-corrected chi connectivity index (χ4v) is 2.08. The van der Waals surface area contributed by atoms with Gasteiger partial charge in [-0.25, -0.2) is 4.98 Å². The van der Waals surface area contributed by atoms with Crippen molar-refractivity contribution in [3.63, 3.8) is 0 Å². The highest BCUT2D eigenvalue weighted by atomic mass is 28.3. The van der Waals surface area contributed by atoms with Crippen molar-refractivity contribution in [2.45, 2.75) is 26.6 Å². The lowest BCUT2D eigenvalue weighted by Crippen LogP contribution is -2.16. The van der Waals surface area contributed by atoms with Crippen LogP contribution in [-0.2, 0) is 0 Å². The molecule has 2 aromatic rings. The molecular formula is C15H17NSi. The van der Waals surface area contributed by atoms with Gasteiger partial charge in [-0.2, -0.15) is 0 Å². The highest BCUT2D eigenvalue weighted by Crippen LogP contribution is 2.15. The van der Waals surface area contributed by atoms with Gasteiger partial charge >= 0.3 is 0 Å². The van der Waals surface area contributed by atoms with Crippen molar-refractivity contribution in [3.05, 3.63) is 41.7 Å². The van der Waals surface area contributed by atoms with E-state index in [1.807, 2.05) is 6.20 Å². The van der Waals surface area contributed by atoms with E-state index < -0.39 is 8.07 Å². The molecule has 2 rings (SSSR count). The van der Waals surface area contributed by atoms with Gasteiger partial charge < -0.3 is 0 Å². The summed E-state index contributed by atoms with van der Waals surface area (Å²) in [5, 5.41) is 2.40. The smallest absolute Gasteiger partial charge is 0.129 e. The first-order valence-electron chi connectivity index (χ1n) is 5.84. The van der Waals surface area contributed by atoms with Gasteiger partial charge in [0.25, 0.3) is 0 Å². The molecular weight excluding hydrogens is 222 g/mol. The normalized spacial score (nSPS) is 11.1. The fourth-order valence-electron chi connectivity index (χ4n) is 1.58. The zero-order valence-corrected chi connectivity index (χ0v) is 11.8. The summed E-state index contributed by atoms with van der Waals surface area (Å²) in [6, 6.07) is 8.47. The molecule has 0 bridgehead atoms. The number of aryl methyl sites for hydroxylation is 1. The molecule has 0 spiro atoms. The monoisotopic (exact) mass is 239 g/mol. The largest absolute Gasteiger partial charge is 0.247 e. The third-order valence-corrected chi connectivity index (χ3v) is 3.32. The Hall–Kier alpha value is -1.59. The van der Waals surface area contributed by atoms with E-state index in [4.69, 9.17) is 0 Å². The Bertz CT molecular complexity index is 612. The van der Waals surface area contributed by atoms with Gasteiger partial charge in [0, 0.05) is 11.6 Å². The minimum Gasteiger partial charge on any atom is -0.247 e. The molecule has 0 N–H and O–H groups in total. The molecule has 17 heavy (non-hydrogen) atoms. The zero-order valence-electron chi connectivity index (χ0n) is 10.8. The predicted octanol–water partition coefficient (Wildman–Crippen LogP) is 3.77. The second kappa shape index (κ2) is 4.35. The van der Waals surface area contributed by atoms with E-state index in [1.165, 1.54) is 16.3 Å². The van der Waals surface area contributed by atoms with Gasteiger partial charge in [0.2, 0.25) is 0 Å². The average molecular weight is 239 g/mol. The number of pyridine rings is 1. The molecule has 0 saturated carbocycles. The zero-order chi connectivity index (χ0) is 12.5. The molecule has 2 heteroatoms. The molecule has 0 atom stereocenters. The quantitative estimate of drug-likeness (QED) is 0.504. The Morgan fingerprint density at radius 2 is 1.82 bits per heavy atom. The molecule has 0 aliphatic carbocycles. The lowest BCUT2D eigenvalue weighted by atomic mass is 10.1. The van der Waals surface area contributed by atoms with Crippen molar-refractivity contribution in [1.29, 1.82) is 0 Å². The van der Waals surface area contributed by atoms with Crippen LogP contribution < -0.4 is 0 Å². The molecule has 86 valence electrons. The Morgan fingerprint density at radius 3 is 2.53 bits per heavy atom. The Kier molecular flexibility index (Phi) is 3.04. The van der Waals surface area contributed by atoms with E-state index in [0.717, 1.165) is 5.69 Å². The first-order valence-corrected chi connectivity index (χ1v) is 9.34. The van der Waals surface area contributed by atoms with Crippen molar-refractivity contribution in [2.75, 3.05) is 0 Å². The van der Waals surface area contributed by atoms with Crippen molar-refractivity contribution in [1.82, 2.24) is 4.98 Å². The van der Waals surface area contributed by atoms with Crippen LogP contribution in [0.4, 0.5) is 0 Å². The van der Waals surface area contributed by atoms with Crippen molar-refractivity contribution < 1.29 is 0 Å². The molecule has 1 heterocycles. The molecule has 0 saturated heterocycles. The second-order valence-electron chi connectivity index (χ2n) is 5.42. The number of rotatable bonds is 0. The van der Waals surface area contributed by atoms with Crippen LogP contribution >= 0.6 is 0 Å². The summed E-state index contributed by atoms with van der Waals surface area (Å²) in [5.41, 5.74) is 5.50.